The molecule has 0 saturated heterocycles. The molecule has 0 unspecified atom stereocenters. The summed E-state index contributed by atoms with van der Waals surface area (Å²) in [4.78, 5) is 27.3. The molecule has 0 fully saturated rings. The second-order valence-electron chi connectivity index (χ2n) is 9.15. The Morgan fingerprint density at radius 2 is 1.91 bits per heavy atom. The van der Waals surface area contributed by atoms with Crippen molar-refractivity contribution in [2.45, 2.75) is 52.6 Å². The third-order valence-corrected chi connectivity index (χ3v) is 5.75. The van der Waals surface area contributed by atoms with Gasteiger partial charge in [-0.15, -0.1) is 0 Å². The highest BCUT2D eigenvalue weighted by Crippen LogP contribution is 2.24. The van der Waals surface area contributed by atoms with Gasteiger partial charge in [-0.1, -0.05) is 50.2 Å². The van der Waals surface area contributed by atoms with Crippen LogP contribution in [0.2, 0.25) is 0 Å². The van der Waals surface area contributed by atoms with Crippen molar-refractivity contribution in [1.82, 2.24) is 15.5 Å². The minimum Gasteiger partial charge on any atom is -0.493 e. The Morgan fingerprint density at radius 3 is 2.70 bits per heavy atom. The molecule has 0 radical (unpaired) electrons. The number of benzene rings is 2. The van der Waals surface area contributed by atoms with Gasteiger partial charge in [0.15, 0.2) is 0 Å². The standard InChI is InChI=1S/C27H37N3O3/c1-21(2)13-15-29-27(32)23-11-12-24-19-30(18-22-9-5-3-6-10-22)20-26(31)28-14-7-4-8-16-33-25(24)17-23/h3,5-6,9-12,17,21H,4,7-8,13-16,18-20H2,1-2H3,(H,28,31)(H,29,32). The van der Waals surface area contributed by atoms with Gasteiger partial charge >= 0.3 is 0 Å². The maximum absolute atomic E-state index is 12.7. The van der Waals surface area contributed by atoms with Crippen molar-refractivity contribution >= 4 is 11.8 Å². The highest BCUT2D eigenvalue weighted by Gasteiger charge is 2.17. The van der Waals surface area contributed by atoms with Crippen LogP contribution in [0.25, 0.3) is 0 Å². The molecule has 6 heteroatoms. The molecule has 0 saturated carbocycles. The van der Waals surface area contributed by atoms with Gasteiger partial charge in [0.1, 0.15) is 5.75 Å². The van der Waals surface area contributed by atoms with Crippen molar-refractivity contribution in [2.75, 3.05) is 26.2 Å². The van der Waals surface area contributed by atoms with Crippen LogP contribution in [0.5, 0.6) is 5.75 Å². The van der Waals surface area contributed by atoms with Crippen LogP contribution in [-0.4, -0.2) is 43.0 Å². The molecule has 2 aromatic rings. The third-order valence-electron chi connectivity index (χ3n) is 5.75. The first-order chi connectivity index (χ1) is 16.0. The molecule has 0 aromatic heterocycles. The average molecular weight is 452 g/mol. The summed E-state index contributed by atoms with van der Waals surface area (Å²) in [5.41, 5.74) is 2.74. The van der Waals surface area contributed by atoms with Crippen molar-refractivity contribution in [3.8, 4) is 5.75 Å². The van der Waals surface area contributed by atoms with Crippen molar-refractivity contribution < 1.29 is 14.3 Å². The monoisotopic (exact) mass is 451 g/mol. The van der Waals surface area contributed by atoms with Gasteiger partial charge in [-0.25, -0.2) is 0 Å². The minimum atomic E-state index is -0.0783. The van der Waals surface area contributed by atoms with E-state index in [0.29, 0.717) is 50.8 Å². The molecule has 1 heterocycles. The second-order valence-corrected chi connectivity index (χ2v) is 9.15. The van der Waals surface area contributed by atoms with Crippen LogP contribution in [0.15, 0.2) is 48.5 Å². The van der Waals surface area contributed by atoms with E-state index in [2.05, 4.69) is 41.5 Å². The summed E-state index contributed by atoms with van der Waals surface area (Å²) >= 11 is 0. The largest absolute Gasteiger partial charge is 0.493 e. The van der Waals surface area contributed by atoms with E-state index >= 15 is 0 Å². The second kappa shape index (κ2) is 13.0. The lowest BCUT2D eigenvalue weighted by Gasteiger charge is -2.23. The highest BCUT2D eigenvalue weighted by atomic mass is 16.5. The van der Waals surface area contributed by atoms with Gasteiger partial charge in [0.2, 0.25) is 5.91 Å². The molecule has 6 nitrogen and oxygen atoms in total. The number of carbonyl (C=O) groups excluding carboxylic acids is 2. The fraction of sp³-hybridized carbons (Fsp3) is 0.481. The van der Waals surface area contributed by atoms with Crippen molar-refractivity contribution in [1.29, 1.82) is 0 Å². The smallest absolute Gasteiger partial charge is 0.251 e. The number of amides is 2. The molecule has 0 atom stereocenters. The topological polar surface area (TPSA) is 70.7 Å². The van der Waals surface area contributed by atoms with Crippen LogP contribution < -0.4 is 15.4 Å². The summed E-state index contributed by atoms with van der Waals surface area (Å²) in [6, 6.07) is 15.8. The highest BCUT2D eigenvalue weighted by molar-refractivity contribution is 5.94. The third kappa shape index (κ3) is 8.54. The van der Waals surface area contributed by atoms with E-state index in [1.807, 2.05) is 36.4 Å². The molecular formula is C27H37N3O3. The minimum absolute atomic E-state index is 0.0359. The van der Waals surface area contributed by atoms with Crippen LogP contribution in [0.4, 0.5) is 0 Å². The lowest BCUT2D eigenvalue weighted by molar-refractivity contribution is -0.122. The van der Waals surface area contributed by atoms with Crippen molar-refractivity contribution in [2.24, 2.45) is 5.92 Å². The summed E-state index contributed by atoms with van der Waals surface area (Å²) in [6.07, 6.45) is 3.77. The van der Waals surface area contributed by atoms with Crippen molar-refractivity contribution in [3.63, 3.8) is 0 Å². The Labute approximate surface area is 197 Å². The molecule has 2 N–H and O–H groups in total. The maximum atomic E-state index is 12.7. The van der Waals surface area contributed by atoms with Crippen LogP contribution in [0.3, 0.4) is 0 Å². The van der Waals surface area contributed by atoms with Crippen LogP contribution in [0, 0.1) is 5.92 Å². The van der Waals surface area contributed by atoms with Gasteiger partial charge in [0.05, 0.1) is 13.2 Å². The number of nitrogens with one attached hydrogen (secondary N) is 2. The summed E-state index contributed by atoms with van der Waals surface area (Å²) in [7, 11) is 0. The average Bonchev–Trinajstić information content (AvgIpc) is 2.80. The summed E-state index contributed by atoms with van der Waals surface area (Å²) in [5, 5.41) is 6.04. The molecule has 33 heavy (non-hydrogen) atoms. The van der Waals surface area contributed by atoms with E-state index in [9.17, 15) is 9.59 Å². The predicted molar refractivity (Wildman–Crippen MR) is 131 cm³/mol. The molecule has 0 spiro atoms. The number of hydrogen-bond donors (Lipinski definition) is 2. The summed E-state index contributed by atoms with van der Waals surface area (Å²) < 4.78 is 6.15. The zero-order valence-electron chi connectivity index (χ0n) is 19.9. The number of ether oxygens (including phenoxy) is 1. The first kappa shape index (κ1) is 24.8. The fourth-order valence-electron chi connectivity index (χ4n) is 3.86. The zero-order valence-corrected chi connectivity index (χ0v) is 19.9. The van der Waals surface area contributed by atoms with Gasteiger partial charge in [0, 0.05) is 37.3 Å². The molecule has 1 aliphatic rings. The lowest BCUT2D eigenvalue weighted by Crippen LogP contribution is -2.37. The first-order valence-corrected chi connectivity index (χ1v) is 12.1. The van der Waals surface area contributed by atoms with Gasteiger partial charge in [-0.3, -0.25) is 14.5 Å². The van der Waals surface area contributed by atoms with Crippen molar-refractivity contribution in [3.05, 3.63) is 65.2 Å². The Balaban J connectivity index is 1.80. The summed E-state index contributed by atoms with van der Waals surface area (Å²) in [6.45, 7) is 7.76. The molecule has 0 aliphatic carbocycles. The first-order valence-electron chi connectivity index (χ1n) is 12.1. The Kier molecular flexibility index (Phi) is 9.76. The van der Waals surface area contributed by atoms with Gasteiger partial charge < -0.3 is 15.4 Å². The van der Waals surface area contributed by atoms with E-state index in [1.165, 1.54) is 0 Å². The van der Waals surface area contributed by atoms with Crippen LogP contribution in [-0.2, 0) is 17.9 Å². The summed E-state index contributed by atoms with van der Waals surface area (Å²) in [5.74, 6) is 1.23. The number of hydrogen-bond acceptors (Lipinski definition) is 4. The SMILES string of the molecule is CC(C)CCNC(=O)c1ccc2c(c1)OCCCCCNC(=O)CN(Cc1ccccc1)C2. The number of rotatable bonds is 6. The molecule has 0 bridgehead atoms. The van der Waals surface area contributed by atoms with E-state index < -0.39 is 0 Å². The van der Waals surface area contributed by atoms with E-state index in [-0.39, 0.29) is 11.8 Å². The predicted octanol–water partition coefficient (Wildman–Crippen LogP) is 4.14. The number of nitrogens with zero attached hydrogens (tertiary/aromatic N) is 1. The maximum Gasteiger partial charge on any atom is 0.251 e. The quantitative estimate of drug-likeness (QED) is 0.692. The van der Waals surface area contributed by atoms with Crippen LogP contribution >= 0.6 is 0 Å². The molecule has 178 valence electrons. The van der Waals surface area contributed by atoms with E-state index in [4.69, 9.17) is 4.74 Å². The normalized spacial score (nSPS) is 15.9. The Morgan fingerprint density at radius 1 is 1.09 bits per heavy atom. The van der Waals surface area contributed by atoms with E-state index in [0.717, 1.165) is 42.6 Å². The van der Waals surface area contributed by atoms with Gasteiger partial charge in [-0.2, -0.15) is 0 Å². The lowest BCUT2D eigenvalue weighted by atomic mass is 10.1. The molecule has 3 rings (SSSR count). The number of carbonyl (C=O) groups is 2. The molecule has 2 amide bonds. The Bertz CT molecular complexity index is 899. The zero-order chi connectivity index (χ0) is 23.5. The molecule has 1 aliphatic heterocycles. The number of fused-ring (bicyclic) bond motifs is 1. The molecular weight excluding hydrogens is 414 g/mol. The van der Waals surface area contributed by atoms with Gasteiger partial charge in [-0.05, 0) is 49.3 Å². The van der Waals surface area contributed by atoms with Crippen LogP contribution in [0.1, 0.15) is 61.0 Å². The van der Waals surface area contributed by atoms with E-state index in [1.54, 1.807) is 0 Å². The molecule has 2 aromatic carbocycles. The fourth-order valence-corrected chi connectivity index (χ4v) is 3.86. The van der Waals surface area contributed by atoms with Gasteiger partial charge in [0.25, 0.3) is 5.91 Å². The Hall–Kier alpha value is -2.86.